The van der Waals surface area contributed by atoms with Crippen molar-refractivity contribution in [3.8, 4) is 0 Å². The average molecular weight is 305 g/mol. The number of anilines is 1. The molecule has 1 aliphatic heterocycles. The zero-order valence-electron chi connectivity index (χ0n) is 12.0. The molecule has 1 fully saturated rings. The van der Waals surface area contributed by atoms with E-state index >= 15 is 0 Å². The number of aryl methyl sites for hydroxylation is 2. The number of carbonyl (C=O) groups is 2. The molecule has 2 aromatic heterocycles. The minimum Gasteiger partial charge on any atom is -0.372 e. The van der Waals surface area contributed by atoms with Crippen LogP contribution in [0.5, 0.6) is 0 Å². The summed E-state index contributed by atoms with van der Waals surface area (Å²) >= 11 is 1.59. The zero-order chi connectivity index (χ0) is 15.1. The number of imide groups is 1. The summed E-state index contributed by atoms with van der Waals surface area (Å²) in [6.45, 7) is 4.20. The van der Waals surface area contributed by atoms with Crippen LogP contribution in [-0.2, 0) is 11.3 Å². The third-order valence-electron chi connectivity index (χ3n) is 3.55. The molecular formula is C13H15N5O2S. The van der Waals surface area contributed by atoms with Crippen molar-refractivity contribution >= 4 is 39.3 Å². The van der Waals surface area contributed by atoms with E-state index in [1.54, 1.807) is 18.4 Å². The molecule has 0 bridgehead atoms. The molecule has 0 aliphatic carbocycles. The molecule has 110 valence electrons. The zero-order valence-corrected chi connectivity index (χ0v) is 12.8. The lowest BCUT2D eigenvalue weighted by atomic mass is 10.2. The molecule has 8 heteroatoms. The van der Waals surface area contributed by atoms with Gasteiger partial charge in [0.15, 0.2) is 5.82 Å². The van der Waals surface area contributed by atoms with E-state index in [9.17, 15) is 9.59 Å². The molecule has 21 heavy (non-hydrogen) atoms. The van der Waals surface area contributed by atoms with Crippen LogP contribution < -0.4 is 10.6 Å². The normalized spacial score (nSPS) is 14.9. The van der Waals surface area contributed by atoms with Crippen LogP contribution in [0.3, 0.4) is 0 Å². The second kappa shape index (κ2) is 4.96. The molecule has 2 aromatic rings. The molecule has 2 N–H and O–H groups in total. The van der Waals surface area contributed by atoms with Gasteiger partial charge in [-0.15, -0.1) is 11.3 Å². The lowest BCUT2D eigenvalue weighted by molar-refractivity contribution is -0.125. The van der Waals surface area contributed by atoms with Crippen LogP contribution >= 0.6 is 11.3 Å². The summed E-state index contributed by atoms with van der Waals surface area (Å²) in [5, 5.41) is 6.55. The van der Waals surface area contributed by atoms with Crippen LogP contribution in [0.2, 0.25) is 0 Å². The molecule has 3 rings (SSSR count). The molecule has 0 saturated carbocycles. The lowest BCUT2D eigenvalue weighted by Crippen LogP contribution is -2.31. The van der Waals surface area contributed by atoms with Gasteiger partial charge in [-0.1, -0.05) is 0 Å². The van der Waals surface area contributed by atoms with Gasteiger partial charge in [0.2, 0.25) is 5.91 Å². The summed E-state index contributed by atoms with van der Waals surface area (Å²) in [6, 6.07) is -0.395. The molecule has 0 atom stereocenters. The Morgan fingerprint density at radius 3 is 2.71 bits per heavy atom. The van der Waals surface area contributed by atoms with Gasteiger partial charge in [-0.25, -0.2) is 14.8 Å². The fraction of sp³-hybridized carbons (Fsp3) is 0.385. The van der Waals surface area contributed by atoms with E-state index in [0.29, 0.717) is 5.82 Å². The largest absolute Gasteiger partial charge is 0.372 e. The summed E-state index contributed by atoms with van der Waals surface area (Å²) in [5.74, 6) is 0.927. The molecule has 0 radical (unpaired) electrons. The van der Waals surface area contributed by atoms with Crippen LogP contribution in [0, 0.1) is 13.8 Å². The van der Waals surface area contributed by atoms with Crippen molar-refractivity contribution in [3.05, 3.63) is 16.3 Å². The van der Waals surface area contributed by atoms with Crippen molar-refractivity contribution < 1.29 is 9.59 Å². The van der Waals surface area contributed by atoms with Crippen LogP contribution in [0.4, 0.5) is 10.6 Å². The number of nitrogens with zero attached hydrogens (tertiary/aromatic N) is 3. The highest BCUT2D eigenvalue weighted by Crippen LogP contribution is 2.33. The summed E-state index contributed by atoms with van der Waals surface area (Å²) in [4.78, 5) is 35.3. The van der Waals surface area contributed by atoms with Crippen molar-refractivity contribution in [1.29, 1.82) is 0 Å². The van der Waals surface area contributed by atoms with Gasteiger partial charge in [0.05, 0.1) is 18.5 Å². The van der Waals surface area contributed by atoms with Gasteiger partial charge in [-0.3, -0.25) is 9.69 Å². The number of urea groups is 1. The number of thiophene rings is 1. The third-order valence-corrected chi connectivity index (χ3v) is 4.65. The Bertz CT molecular complexity index is 739. The van der Waals surface area contributed by atoms with Crippen molar-refractivity contribution in [3.63, 3.8) is 0 Å². The lowest BCUT2D eigenvalue weighted by Gasteiger charge is -2.12. The second-order valence-corrected chi connectivity index (χ2v) is 6.04. The number of hydrogen-bond donors (Lipinski definition) is 2. The number of hydrogen-bond acceptors (Lipinski definition) is 6. The van der Waals surface area contributed by atoms with Crippen LogP contribution in [0.15, 0.2) is 0 Å². The highest BCUT2D eigenvalue weighted by atomic mass is 32.1. The minimum absolute atomic E-state index is 0.0389. The first kappa shape index (κ1) is 13.7. The number of amides is 3. The maximum atomic E-state index is 11.6. The van der Waals surface area contributed by atoms with E-state index in [0.717, 1.165) is 26.5 Å². The van der Waals surface area contributed by atoms with Gasteiger partial charge in [-0.2, -0.15) is 0 Å². The number of aromatic nitrogens is 2. The van der Waals surface area contributed by atoms with Gasteiger partial charge >= 0.3 is 6.03 Å². The molecule has 1 saturated heterocycles. The predicted octanol–water partition coefficient (Wildman–Crippen LogP) is 1.40. The minimum atomic E-state index is -0.395. The summed E-state index contributed by atoms with van der Waals surface area (Å²) < 4.78 is 0. The predicted molar refractivity (Wildman–Crippen MR) is 80.4 cm³/mol. The number of carbonyl (C=O) groups excluding carboxylic acids is 2. The highest BCUT2D eigenvalue weighted by Gasteiger charge is 2.29. The van der Waals surface area contributed by atoms with Gasteiger partial charge < -0.3 is 10.6 Å². The maximum absolute atomic E-state index is 11.6. The van der Waals surface area contributed by atoms with E-state index < -0.39 is 6.03 Å². The van der Waals surface area contributed by atoms with E-state index in [1.165, 1.54) is 4.88 Å². The Morgan fingerprint density at radius 2 is 2.10 bits per heavy atom. The molecule has 0 aromatic carbocycles. The van der Waals surface area contributed by atoms with Crippen LogP contribution in [0.25, 0.3) is 10.2 Å². The third kappa shape index (κ3) is 2.21. The topological polar surface area (TPSA) is 87.2 Å². The monoisotopic (exact) mass is 305 g/mol. The van der Waals surface area contributed by atoms with Crippen molar-refractivity contribution in [2.45, 2.75) is 20.4 Å². The van der Waals surface area contributed by atoms with Crippen molar-refractivity contribution in [2.24, 2.45) is 0 Å². The fourth-order valence-corrected chi connectivity index (χ4v) is 3.35. The fourth-order valence-electron chi connectivity index (χ4n) is 2.30. The Kier molecular flexibility index (Phi) is 3.25. The Labute approximate surface area is 125 Å². The van der Waals surface area contributed by atoms with Crippen LogP contribution in [0.1, 0.15) is 16.3 Å². The van der Waals surface area contributed by atoms with E-state index in [2.05, 4.69) is 20.6 Å². The number of nitrogens with one attached hydrogen (secondary N) is 2. The molecule has 0 unspecified atom stereocenters. The molecular weight excluding hydrogens is 290 g/mol. The smallest absolute Gasteiger partial charge is 0.325 e. The molecule has 3 amide bonds. The second-order valence-electron chi connectivity index (χ2n) is 4.84. The van der Waals surface area contributed by atoms with Crippen LogP contribution in [-0.4, -0.2) is 40.4 Å². The number of fused-ring (bicyclic) bond motifs is 1. The van der Waals surface area contributed by atoms with Gasteiger partial charge in [-0.05, 0) is 19.4 Å². The maximum Gasteiger partial charge on any atom is 0.325 e. The summed E-state index contributed by atoms with van der Waals surface area (Å²) in [7, 11) is 1.80. The standard InChI is InChI=1S/C13H15N5O2S/c1-6-7(2)21-12-10(6)11(14-3)16-8(17-12)5-18-9(19)4-15-13(18)20/h4-5H2,1-3H3,(H,15,20)(H,14,16,17). The number of rotatable bonds is 3. The summed E-state index contributed by atoms with van der Waals surface area (Å²) in [6.07, 6.45) is 0. The van der Waals surface area contributed by atoms with Gasteiger partial charge in [0.25, 0.3) is 0 Å². The van der Waals surface area contributed by atoms with E-state index in [-0.39, 0.29) is 19.0 Å². The molecule has 1 aliphatic rings. The van der Waals surface area contributed by atoms with E-state index in [1.807, 2.05) is 13.8 Å². The molecule has 0 spiro atoms. The summed E-state index contributed by atoms with van der Waals surface area (Å²) in [5.41, 5.74) is 1.15. The average Bonchev–Trinajstić information content (AvgIpc) is 2.92. The molecule has 7 nitrogen and oxygen atoms in total. The Hall–Kier alpha value is -2.22. The van der Waals surface area contributed by atoms with Crippen molar-refractivity contribution in [1.82, 2.24) is 20.2 Å². The Balaban J connectivity index is 2.04. The van der Waals surface area contributed by atoms with Gasteiger partial charge in [0, 0.05) is 11.9 Å². The van der Waals surface area contributed by atoms with Crippen molar-refractivity contribution in [2.75, 3.05) is 18.9 Å². The quantitative estimate of drug-likeness (QED) is 0.837. The molecule has 3 heterocycles. The van der Waals surface area contributed by atoms with E-state index in [4.69, 9.17) is 0 Å². The first-order valence-corrected chi connectivity index (χ1v) is 7.35. The SMILES string of the molecule is CNc1nc(CN2C(=O)CNC2=O)nc2sc(C)c(C)c12. The first-order chi connectivity index (χ1) is 10.0. The highest BCUT2D eigenvalue weighted by molar-refractivity contribution is 7.18. The first-order valence-electron chi connectivity index (χ1n) is 6.54. The Morgan fingerprint density at radius 1 is 1.33 bits per heavy atom. The van der Waals surface area contributed by atoms with Gasteiger partial charge in [0.1, 0.15) is 10.6 Å².